The Morgan fingerprint density at radius 1 is 1.00 bits per heavy atom. The zero-order valence-corrected chi connectivity index (χ0v) is 18.3. The summed E-state index contributed by atoms with van der Waals surface area (Å²) in [7, 11) is -6.79. The molecule has 8 nitrogen and oxygen atoms in total. The van der Waals surface area contributed by atoms with Gasteiger partial charge in [-0.15, -0.1) is 0 Å². The van der Waals surface area contributed by atoms with Gasteiger partial charge in [0.2, 0.25) is 26.0 Å². The Kier molecular flexibility index (Phi) is 6.98. The van der Waals surface area contributed by atoms with E-state index in [2.05, 4.69) is 4.72 Å². The maximum Gasteiger partial charge on any atom is 0.243 e. The average Bonchev–Trinajstić information content (AvgIpc) is 2.68. The maximum absolute atomic E-state index is 12.7. The van der Waals surface area contributed by atoms with Crippen LogP contribution in [0.3, 0.4) is 0 Å². The lowest BCUT2D eigenvalue weighted by molar-refractivity contribution is -0.131. The molecule has 0 saturated carbocycles. The Morgan fingerprint density at radius 2 is 1.66 bits per heavy atom. The highest BCUT2D eigenvalue weighted by Crippen LogP contribution is 2.21. The van der Waals surface area contributed by atoms with Crippen molar-refractivity contribution in [1.82, 2.24) is 13.9 Å². The van der Waals surface area contributed by atoms with E-state index in [1.165, 1.54) is 4.31 Å². The molecular weight excluding hydrogens is 414 g/mol. The monoisotopic (exact) mass is 443 g/mol. The summed E-state index contributed by atoms with van der Waals surface area (Å²) in [5.74, 6) is -0.0864. The molecule has 2 aliphatic heterocycles. The number of sulfonamides is 2. The van der Waals surface area contributed by atoms with Crippen LogP contribution < -0.4 is 4.72 Å². The van der Waals surface area contributed by atoms with E-state index >= 15 is 0 Å². The number of carbonyl (C=O) groups excluding carboxylic acids is 1. The minimum absolute atomic E-state index is 0.0864. The van der Waals surface area contributed by atoms with E-state index in [0.717, 1.165) is 37.5 Å². The van der Waals surface area contributed by atoms with Gasteiger partial charge in [0.25, 0.3) is 0 Å². The highest BCUT2D eigenvalue weighted by molar-refractivity contribution is 7.89. The van der Waals surface area contributed by atoms with E-state index in [-0.39, 0.29) is 23.3 Å². The van der Waals surface area contributed by atoms with Crippen LogP contribution in [0.5, 0.6) is 0 Å². The number of hydrogen-bond donors (Lipinski definition) is 1. The minimum Gasteiger partial charge on any atom is -0.341 e. The fraction of sp³-hybridized carbons (Fsp3) is 0.632. The standard InChI is InChI=1S/C19H29N3O5S2/c1-28(24,25)20-17-6-5-11-21(15-17)19(23)14-16-7-9-18(10-8-16)29(26,27)22-12-3-2-4-13-22/h7-10,17,20H,2-6,11-15H2,1H3. The molecule has 2 fully saturated rings. The molecule has 0 spiro atoms. The van der Waals surface area contributed by atoms with Crippen molar-refractivity contribution in [3.05, 3.63) is 29.8 Å². The Labute approximate surface area is 173 Å². The van der Waals surface area contributed by atoms with Gasteiger partial charge in [0.05, 0.1) is 17.6 Å². The molecule has 1 atom stereocenters. The van der Waals surface area contributed by atoms with E-state index < -0.39 is 20.0 Å². The molecule has 1 unspecified atom stereocenters. The zero-order valence-electron chi connectivity index (χ0n) is 16.7. The van der Waals surface area contributed by atoms with Crippen LogP contribution in [-0.4, -0.2) is 70.4 Å². The predicted octanol–water partition coefficient (Wildman–Crippen LogP) is 0.944. The molecule has 10 heteroatoms. The molecule has 1 amide bonds. The summed E-state index contributed by atoms with van der Waals surface area (Å²) in [5, 5.41) is 0. The minimum atomic E-state index is -3.48. The molecule has 1 N–H and O–H groups in total. The van der Waals surface area contributed by atoms with Crippen molar-refractivity contribution < 1.29 is 21.6 Å². The summed E-state index contributed by atoms with van der Waals surface area (Å²) >= 11 is 0. The fourth-order valence-electron chi connectivity index (χ4n) is 3.92. The normalized spacial score (nSPS) is 21.8. The quantitative estimate of drug-likeness (QED) is 0.705. The van der Waals surface area contributed by atoms with Crippen molar-refractivity contribution >= 4 is 26.0 Å². The van der Waals surface area contributed by atoms with Crippen LogP contribution in [0.4, 0.5) is 0 Å². The molecule has 0 aromatic heterocycles. The van der Waals surface area contributed by atoms with E-state index in [1.807, 2.05) is 0 Å². The topological polar surface area (TPSA) is 104 Å². The van der Waals surface area contributed by atoms with Crippen molar-refractivity contribution in [2.75, 3.05) is 32.4 Å². The van der Waals surface area contributed by atoms with Gasteiger partial charge < -0.3 is 4.90 Å². The van der Waals surface area contributed by atoms with Crippen molar-refractivity contribution in [3.63, 3.8) is 0 Å². The third-order valence-corrected chi connectivity index (χ3v) is 8.06. The number of carbonyl (C=O) groups is 1. The molecule has 29 heavy (non-hydrogen) atoms. The molecule has 2 heterocycles. The fourth-order valence-corrected chi connectivity index (χ4v) is 6.24. The van der Waals surface area contributed by atoms with Gasteiger partial charge in [-0.2, -0.15) is 4.31 Å². The van der Waals surface area contributed by atoms with Crippen LogP contribution in [0, 0.1) is 0 Å². The van der Waals surface area contributed by atoms with Gasteiger partial charge >= 0.3 is 0 Å². The number of hydrogen-bond acceptors (Lipinski definition) is 5. The van der Waals surface area contributed by atoms with Crippen LogP contribution in [0.1, 0.15) is 37.7 Å². The summed E-state index contributed by atoms with van der Waals surface area (Å²) in [6.45, 7) is 2.07. The molecule has 1 aromatic rings. The van der Waals surface area contributed by atoms with Gasteiger partial charge in [-0.05, 0) is 43.4 Å². The number of piperidine rings is 2. The first-order valence-electron chi connectivity index (χ1n) is 9.99. The molecule has 0 bridgehead atoms. The molecule has 1 aromatic carbocycles. The first kappa shape index (κ1) is 22.2. The molecule has 0 radical (unpaired) electrons. The smallest absolute Gasteiger partial charge is 0.243 e. The first-order valence-corrected chi connectivity index (χ1v) is 13.3. The molecule has 3 rings (SSSR count). The summed E-state index contributed by atoms with van der Waals surface area (Å²) in [6, 6.07) is 6.24. The molecular formula is C19H29N3O5S2. The number of amides is 1. The summed E-state index contributed by atoms with van der Waals surface area (Å²) in [5.41, 5.74) is 0.741. The van der Waals surface area contributed by atoms with Gasteiger partial charge in [-0.1, -0.05) is 18.6 Å². The lowest BCUT2D eigenvalue weighted by atomic mass is 10.1. The Morgan fingerprint density at radius 3 is 2.28 bits per heavy atom. The lowest BCUT2D eigenvalue weighted by Gasteiger charge is -2.32. The summed E-state index contributed by atoms with van der Waals surface area (Å²) in [6.07, 6.45) is 5.56. The van der Waals surface area contributed by atoms with Gasteiger partial charge in [0.15, 0.2) is 0 Å². The number of nitrogens with one attached hydrogen (secondary N) is 1. The van der Waals surface area contributed by atoms with E-state index in [9.17, 15) is 21.6 Å². The van der Waals surface area contributed by atoms with Crippen molar-refractivity contribution in [2.45, 2.75) is 49.5 Å². The highest BCUT2D eigenvalue weighted by atomic mass is 32.2. The number of rotatable bonds is 6. The van der Waals surface area contributed by atoms with Crippen molar-refractivity contribution in [1.29, 1.82) is 0 Å². The average molecular weight is 444 g/mol. The van der Waals surface area contributed by atoms with E-state index in [1.54, 1.807) is 29.2 Å². The van der Waals surface area contributed by atoms with Crippen LogP contribution >= 0.6 is 0 Å². The number of likely N-dealkylation sites (tertiary alicyclic amines) is 1. The number of nitrogens with zero attached hydrogens (tertiary/aromatic N) is 2. The second-order valence-electron chi connectivity index (χ2n) is 7.85. The van der Waals surface area contributed by atoms with Crippen LogP contribution in [0.25, 0.3) is 0 Å². The van der Waals surface area contributed by atoms with Gasteiger partial charge in [0, 0.05) is 32.2 Å². The SMILES string of the molecule is CS(=O)(=O)NC1CCCN(C(=O)Cc2ccc(S(=O)(=O)N3CCCCC3)cc2)C1. The van der Waals surface area contributed by atoms with Gasteiger partial charge in [0.1, 0.15) is 0 Å². The second kappa shape index (κ2) is 9.11. The molecule has 0 aliphatic carbocycles. The largest absolute Gasteiger partial charge is 0.341 e. The van der Waals surface area contributed by atoms with E-state index in [0.29, 0.717) is 32.6 Å². The lowest BCUT2D eigenvalue weighted by Crippen LogP contribution is -2.49. The predicted molar refractivity (Wildman–Crippen MR) is 110 cm³/mol. The molecule has 2 saturated heterocycles. The number of benzene rings is 1. The first-order chi connectivity index (χ1) is 13.6. The van der Waals surface area contributed by atoms with Crippen molar-refractivity contribution in [2.24, 2.45) is 0 Å². The third-order valence-electron chi connectivity index (χ3n) is 5.39. The summed E-state index contributed by atoms with van der Waals surface area (Å²) < 4.78 is 52.4. The third kappa shape index (κ3) is 6.00. The maximum atomic E-state index is 12.7. The Hall–Kier alpha value is -1.49. The second-order valence-corrected chi connectivity index (χ2v) is 11.6. The Bertz CT molecular complexity index is 923. The highest BCUT2D eigenvalue weighted by Gasteiger charge is 2.27. The zero-order chi connectivity index (χ0) is 21.1. The molecule has 2 aliphatic rings. The van der Waals surface area contributed by atoms with E-state index in [4.69, 9.17) is 0 Å². The van der Waals surface area contributed by atoms with Crippen LogP contribution in [0.15, 0.2) is 29.2 Å². The van der Waals surface area contributed by atoms with Crippen molar-refractivity contribution in [3.8, 4) is 0 Å². The van der Waals surface area contributed by atoms with Crippen LogP contribution in [0.2, 0.25) is 0 Å². The summed E-state index contributed by atoms with van der Waals surface area (Å²) in [4.78, 5) is 14.6. The Balaban J connectivity index is 1.61. The van der Waals surface area contributed by atoms with Gasteiger partial charge in [-0.25, -0.2) is 21.6 Å². The van der Waals surface area contributed by atoms with Crippen LogP contribution in [-0.2, 0) is 31.3 Å². The van der Waals surface area contributed by atoms with Gasteiger partial charge in [-0.3, -0.25) is 4.79 Å². The molecule has 162 valence electrons.